The zero-order valence-corrected chi connectivity index (χ0v) is 15.9. The first-order valence-electron chi connectivity index (χ1n) is 10.1. The van der Waals surface area contributed by atoms with E-state index >= 15 is 0 Å². The van der Waals surface area contributed by atoms with Gasteiger partial charge in [-0.05, 0) is 56.3 Å². The number of nitrogens with one attached hydrogen (secondary N) is 4. The molecule has 4 N–H and O–H groups in total. The van der Waals surface area contributed by atoms with E-state index in [1.165, 1.54) is 19.3 Å². The summed E-state index contributed by atoms with van der Waals surface area (Å²) in [6, 6.07) is -0.110. The van der Waals surface area contributed by atoms with Crippen LogP contribution in [0.2, 0.25) is 0 Å². The molecule has 0 saturated heterocycles. The Kier molecular flexibility index (Phi) is 6.75. The SMILES string of the molecule is COCCNCCNC(=O)CCNC(=O)NC12CC3CC(CC(C3)C1)C2. The fourth-order valence-electron chi connectivity index (χ4n) is 5.52. The van der Waals surface area contributed by atoms with Crippen LogP contribution in [0.5, 0.6) is 0 Å². The topological polar surface area (TPSA) is 91.5 Å². The van der Waals surface area contributed by atoms with E-state index in [-0.39, 0.29) is 17.5 Å². The van der Waals surface area contributed by atoms with Gasteiger partial charge in [-0.2, -0.15) is 0 Å². The Morgan fingerprint density at radius 2 is 1.58 bits per heavy atom. The zero-order valence-electron chi connectivity index (χ0n) is 15.9. The first kappa shape index (κ1) is 19.4. The van der Waals surface area contributed by atoms with Gasteiger partial charge in [-0.15, -0.1) is 0 Å². The van der Waals surface area contributed by atoms with Gasteiger partial charge in [-0.3, -0.25) is 4.79 Å². The van der Waals surface area contributed by atoms with Crippen molar-refractivity contribution >= 4 is 11.9 Å². The molecule has 3 amide bonds. The van der Waals surface area contributed by atoms with Crippen LogP contribution in [0.3, 0.4) is 0 Å². The summed E-state index contributed by atoms with van der Waals surface area (Å²) in [5.74, 6) is 2.40. The van der Waals surface area contributed by atoms with Gasteiger partial charge in [-0.1, -0.05) is 0 Å². The van der Waals surface area contributed by atoms with E-state index < -0.39 is 0 Å². The molecule has 0 aromatic rings. The van der Waals surface area contributed by atoms with Crippen molar-refractivity contribution in [2.45, 2.75) is 50.5 Å². The lowest BCUT2D eigenvalue weighted by molar-refractivity contribution is -0.120. The fraction of sp³-hybridized carbons (Fsp3) is 0.895. The number of hydrogen-bond donors (Lipinski definition) is 4. The summed E-state index contributed by atoms with van der Waals surface area (Å²) in [5.41, 5.74) is 0.0228. The van der Waals surface area contributed by atoms with E-state index in [9.17, 15) is 9.59 Å². The smallest absolute Gasteiger partial charge is 0.315 e. The molecule has 4 saturated carbocycles. The number of rotatable bonds is 10. The third-order valence-electron chi connectivity index (χ3n) is 6.16. The maximum absolute atomic E-state index is 12.3. The Balaban J connectivity index is 1.27. The summed E-state index contributed by atoms with van der Waals surface area (Å²) >= 11 is 0. The van der Waals surface area contributed by atoms with E-state index in [0.29, 0.717) is 26.1 Å². The Morgan fingerprint density at radius 3 is 2.19 bits per heavy atom. The number of carbonyl (C=O) groups is 2. The average molecular weight is 367 g/mol. The van der Waals surface area contributed by atoms with Gasteiger partial charge in [0.2, 0.25) is 5.91 Å². The van der Waals surface area contributed by atoms with E-state index in [0.717, 1.165) is 50.1 Å². The van der Waals surface area contributed by atoms with Crippen LogP contribution in [0.4, 0.5) is 4.79 Å². The first-order chi connectivity index (χ1) is 12.6. The summed E-state index contributed by atoms with van der Waals surface area (Å²) in [7, 11) is 1.66. The molecule has 0 aromatic heterocycles. The Hall–Kier alpha value is -1.34. The van der Waals surface area contributed by atoms with Crippen molar-refractivity contribution in [2.24, 2.45) is 17.8 Å². The Labute approximate surface area is 156 Å². The molecule has 0 aliphatic heterocycles. The summed E-state index contributed by atoms with van der Waals surface area (Å²) in [6.07, 6.45) is 7.83. The van der Waals surface area contributed by atoms with Gasteiger partial charge in [0.25, 0.3) is 0 Å². The highest BCUT2D eigenvalue weighted by Crippen LogP contribution is 2.55. The third kappa shape index (κ3) is 5.33. The lowest BCUT2D eigenvalue weighted by Crippen LogP contribution is -2.61. The molecule has 7 heteroatoms. The van der Waals surface area contributed by atoms with Crippen molar-refractivity contribution in [2.75, 3.05) is 39.9 Å². The number of methoxy groups -OCH3 is 1. The number of urea groups is 1. The highest BCUT2D eigenvalue weighted by Gasteiger charge is 2.51. The van der Waals surface area contributed by atoms with Crippen LogP contribution in [-0.2, 0) is 9.53 Å². The molecule has 4 bridgehead atoms. The molecular formula is C19H34N4O3. The first-order valence-corrected chi connectivity index (χ1v) is 10.1. The second-order valence-electron chi connectivity index (χ2n) is 8.42. The van der Waals surface area contributed by atoms with Crippen molar-refractivity contribution in [3.05, 3.63) is 0 Å². The van der Waals surface area contributed by atoms with Gasteiger partial charge < -0.3 is 26.0 Å². The van der Waals surface area contributed by atoms with Gasteiger partial charge in [0.05, 0.1) is 6.61 Å². The van der Waals surface area contributed by atoms with Crippen molar-refractivity contribution in [1.82, 2.24) is 21.3 Å². The molecule has 0 unspecified atom stereocenters. The highest BCUT2D eigenvalue weighted by molar-refractivity contribution is 5.78. The standard InChI is InChI=1S/C19H34N4O3/c1-26-7-6-20-4-5-21-17(24)2-3-22-18(25)23-19-11-14-8-15(12-19)10-16(9-14)13-19/h14-16,20H,2-13H2,1H3,(H,21,24)(H2,22,23,25). The van der Waals surface area contributed by atoms with Gasteiger partial charge in [0.1, 0.15) is 0 Å². The van der Waals surface area contributed by atoms with Crippen LogP contribution in [0.25, 0.3) is 0 Å². The molecule has 0 aromatic carbocycles. The van der Waals surface area contributed by atoms with E-state index in [1.54, 1.807) is 7.11 Å². The number of ether oxygens (including phenoxy) is 1. The summed E-state index contributed by atoms with van der Waals surface area (Å²) in [6.45, 7) is 3.12. The predicted octanol–water partition coefficient (Wildman–Crippen LogP) is 0.997. The van der Waals surface area contributed by atoms with Gasteiger partial charge in [0.15, 0.2) is 0 Å². The Morgan fingerprint density at radius 1 is 0.923 bits per heavy atom. The average Bonchev–Trinajstić information content (AvgIpc) is 2.56. The predicted molar refractivity (Wildman–Crippen MR) is 99.8 cm³/mol. The summed E-state index contributed by atoms with van der Waals surface area (Å²) in [5, 5.41) is 12.1. The minimum Gasteiger partial charge on any atom is -0.383 e. The van der Waals surface area contributed by atoms with E-state index in [2.05, 4.69) is 21.3 Å². The Bertz CT molecular complexity index is 462. The largest absolute Gasteiger partial charge is 0.383 e. The molecule has 7 nitrogen and oxygen atoms in total. The fourth-order valence-corrected chi connectivity index (χ4v) is 5.52. The maximum Gasteiger partial charge on any atom is 0.315 e. The van der Waals surface area contributed by atoms with E-state index in [1.807, 2.05) is 0 Å². The van der Waals surface area contributed by atoms with Crippen LogP contribution < -0.4 is 21.3 Å². The molecule has 0 atom stereocenters. The lowest BCUT2D eigenvalue weighted by atomic mass is 9.53. The molecule has 148 valence electrons. The van der Waals surface area contributed by atoms with Crippen molar-refractivity contribution in [3.8, 4) is 0 Å². The van der Waals surface area contributed by atoms with Gasteiger partial charge >= 0.3 is 6.03 Å². The van der Waals surface area contributed by atoms with Crippen LogP contribution in [0, 0.1) is 17.8 Å². The third-order valence-corrected chi connectivity index (χ3v) is 6.16. The van der Waals surface area contributed by atoms with Crippen LogP contribution in [0.1, 0.15) is 44.9 Å². The molecule has 4 rings (SSSR count). The van der Waals surface area contributed by atoms with Crippen molar-refractivity contribution in [3.63, 3.8) is 0 Å². The maximum atomic E-state index is 12.3. The minimum atomic E-state index is -0.110. The minimum absolute atomic E-state index is 0.0228. The monoisotopic (exact) mass is 366 g/mol. The van der Waals surface area contributed by atoms with E-state index in [4.69, 9.17) is 4.74 Å². The van der Waals surface area contributed by atoms with Crippen molar-refractivity contribution in [1.29, 1.82) is 0 Å². The van der Waals surface area contributed by atoms with Gasteiger partial charge in [0, 0.05) is 45.2 Å². The number of carbonyl (C=O) groups excluding carboxylic acids is 2. The molecule has 0 heterocycles. The summed E-state index contributed by atoms with van der Waals surface area (Å²) < 4.78 is 4.94. The second-order valence-corrected chi connectivity index (χ2v) is 8.42. The van der Waals surface area contributed by atoms with Gasteiger partial charge in [-0.25, -0.2) is 4.79 Å². The summed E-state index contributed by atoms with van der Waals surface area (Å²) in [4.78, 5) is 24.1. The van der Waals surface area contributed by atoms with Crippen LogP contribution in [0.15, 0.2) is 0 Å². The molecule has 0 spiro atoms. The molecule has 26 heavy (non-hydrogen) atoms. The normalized spacial score (nSPS) is 31.7. The second kappa shape index (κ2) is 9.04. The highest BCUT2D eigenvalue weighted by atomic mass is 16.5. The quantitative estimate of drug-likeness (QED) is 0.434. The molecule has 0 radical (unpaired) electrons. The molecule has 4 aliphatic carbocycles. The van der Waals surface area contributed by atoms with Crippen LogP contribution >= 0.6 is 0 Å². The molecule has 4 fully saturated rings. The van der Waals surface area contributed by atoms with Crippen LogP contribution in [-0.4, -0.2) is 57.4 Å². The number of hydrogen-bond acceptors (Lipinski definition) is 4. The van der Waals surface area contributed by atoms with Crippen molar-refractivity contribution < 1.29 is 14.3 Å². The zero-order chi connectivity index (χ0) is 18.4. The molecular weight excluding hydrogens is 332 g/mol. The lowest BCUT2D eigenvalue weighted by Gasteiger charge is -2.56. The molecule has 4 aliphatic rings. The number of amides is 3.